The number of aliphatic hydroxyl groups excluding tert-OH is 1. The molecule has 3 aromatic rings. The van der Waals surface area contributed by atoms with Gasteiger partial charge in [0.15, 0.2) is 0 Å². The van der Waals surface area contributed by atoms with Gasteiger partial charge in [0.2, 0.25) is 0 Å². The van der Waals surface area contributed by atoms with E-state index in [1.165, 1.54) is 4.90 Å². The van der Waals surface area contributed by atoms with Gasteiger partial charge >= 0.3 is 0 Å². The van der Waals surface area contributed by atoms with Crippen molar-refractivity contribution in [3.05, 3.63) is 64.9 Å². The summed E-state index contributed by atoms with van der Waals surface area (Å²) in [4.78, 5) is 42.6. The number of ether oxygens (including phenoxy) is 1. The molecule has 33 heavy (non-hydrogen) atoms. The molecule has 2 amide bonds. The molecule has 9 heteroatoms. The number of pyridine rings is 1. The molecule has 0 radical (unpaired) electrons. The van der Waals surface area contributed by atoms with Crippen molar-refractivity contribution in [2.45, 2.75) is 20.0 Å². The predicted octanol–water partition coefficient (Wildman–Crippen LogP) is 1.92. The molecule has 1 fully saturated rings. The van der Waals surface area contributed by atoms with E-state index in [0.717, 1.165) is 5.39 Å². The van der Waals surface area contributed by atoms with E-state index < -0.39 is 6.10 Å². The summed E-state index contributed by atoms with van der Waals surface area (Å²) >= 11 is 0. The fourth-order valence-corrected chi connectivity index (χ4v) is 3.97. The van der Waals surface area contributed by atoms with Crippen LogP contribution in [0.25, 0.3) is 10.9 Å². The number of fused-ring (bicyclic) bond motifs is 1. The van der Waals surface area contributed by atoms with Gasteiger partial charge in [-0.2, -0.15) is 0 Å². The first-order chi connectivity index (χ1) is 15.9. The number of carbonyl (C=O) groups is 2. The molecule has 1 saturated heterocycles. The van der Waals surface area contributed by atoms with Crippen LogP contribution in [0.2, 0.25) is 0 Å². The molecule has 3 heterocycles. The first kappa shape index (κ1) is 22.8. The summed E-state index contributed by atoms with van der Waals surface area (Å²) in [5.74, 6) is 0.258. The van der Waals surface area contributed by atoms with Gasteiger partial charge in [-0.3, -0.25) is 9.59 Å². The van der Waals surface area contributed by atoms with Gasteiger partial charge in [0.25, 0.3) is 11.8 Å². The number of morpholine rings is 1. The van der Waals surface area contributed by atoms with E-state index >= 15 is 0 Å². The molecule has 1 aliphatic rings. The quantitative estimate of drug-likeness (QED) is 0.634. The lowest BCUT2D eigenvalue weighted by Crippen LogP contribution is -2.43. The van der Waals surface area contributed by atoms with Crippen molar-refractivity contribution in [1.29, 1.82) is 0 Å². The van der Waals surface area contributed by atoms with E-state index in [0.29, 0.717) is 53.6 Å². The minimum absolute atomic E-state index is 0.122. The summed E-state index contributed by atoms with van der Waals surface area (Å²) in [6.07, 6.45) is 1.08. The van der Waals surface area contributed by atoms with E-state index in [2.05, 4.69) is 9.97 Å². The van der Waals surface area contributed by atoms with Crippen molar-refractivity contribution in [2.75, 3.05) is 39.9 Å². The van der Waals surface area contributed by atoms with Crippen LogP contribution in [-0.4, -0.2) is 81.6 Å². The smallest absolute Gasteiger partial charge is 0.257 e. The van der Waals surface area contributed by atoms with E-state index in [9.17, 15) is 14.7 Å². The van der Waals surface area contributed by atoms with Crippen LogP contribution in [-0.2, 0) is 4.74 Å². The molecule has 172 valence electrons. The monoisotopic (exact) mass is 449 g/mol. The number of likely N-dealkylation sites (N-methyl/N-ethyl adjacent to an activating group) is 1. The molecular weight excluding hydrogens is 422 g/mol. The highest BCUT2D eigenvalue weighted by Gasteiger charge is 2.29. The third kappa shape index (κ3) is 4.69. The minimum atomic E-state index is -0.478. The number of benzene rings is 1. The fraction of sp³-hybridized carbons (Fsp3) is 0.375. The van der Waals surface area contributed by atoms with Crippen molar-refractivity contribution >= 4 is 22.7 Å². The van der Waals surface area contributed by atoms with Gasteiger partial charge < -0.3 is 19.6 Å². The number of para-hydroxylation sites is 1. The first-order valence-corrected chi connectivity index (χ1v) is 10.9. The van der Waals surface area contributed by atoms with Crippen molar-refractivity contribution < 1.29 is 19.4 Å². The van der Waals surface area contributed by atoms with Crippen LogP contribution in [0.3, 0.4) is 0 Å². The number of amides is 2. The van der Waals surface area contributed by atoms with Crippen LogP contribution < -0.4 is 0 Å². The first-order valence-electron chi connectivity index (χ1n) is 10.9. The number of aromatic nitrogens is 3. The van der Waals surface area contributed by atoms with Crippen molar-refractivity contribution in [1.82, 2.24) is 24.8 Å². The van der Waals surface area contributed by atoms with E-state index in [1.54, 1.807) is 38.1 Å². The highest BCUT2D eigenvalue weighted by atomic mass is 16.5. The van der Waals surface area contributed by atoms with Gasteiger partial charge in [0.1, 0.15) is 11.9 Å². The second kappa shape index (κ2) is 9.60. The van der Waals surface area contributed by atoms with Gasteiger partial charge in [-0.15, -0.1) is 0 Å². The Kier molecular flexibility index (Phi) is 6.62. The zero-order valence-corrected chi connectivity index (χ0v) is 19.0. The Hall–Kier alpha value is -3.43. The number of carbonyl (C=O) groups excluding carboxylic acids is 2. The van der Waals surface area contributed by atoms with Crippen LogP contribution in [0, 0.1) is 13.8 Å². The predicted molar refractivity (Wildman–Crippen MR) is 122 cm³/mol. The molecule has 4 rings (SSSR count). The maximum Gasteiger partial charge on any atom is 0.257 e. The largest absolute Gasteiger partial charge is 0.395 e. The van der Waals surface area contributed by atoms with Crippen LogP contribution >= 0.6 is 0 Å². The summed E-state index contributed by atoms with van der Waals surface area (Å²) in [7, 11) is 1.65. The number of aliphatic hydroxyl groups is 1. The highest BCUT2D eigenvalue weighted by Crippen LogP contribution is 2.27. The topological polar surface area (TPSA) is 109 Å². The van der Waals surface area contributed by atoms with Gasteiger partial charge in [0, 0.05) is 31.7 Å². The molecular formula is C24H27N5O4. The molecule has 9 nitrogen and oxygen atoms in total. The van der Waals surface area contributed by atoms with Gasteiger partial charge in [-0.25, -0.2) is 15.0 Å². The van der Waals surface area contributed by atoms with Crippen LogP contribution in [0.4, 0.5) is 0 Å². The number of aryl methyl sites for hydroxylation is 2. The molecule has 1 N–H and O–H groups in total. The zero-order chi connectivity index (χ0) is 23.5. The Labute approximate surface area is 192 Å². The molecule has 0 bridgehead atoms. The van der Waals surface area contributed by atoms with Crippen molar-refractivity contribution in [2.24, 2.45) is 0 Å². The summed E-state index contributed by atoms with van der Waals surface area (Å²) < 4.78 is 5.97. The average Bonchev–Trinajstić information content (AvgIpc) is 2.82. The number of nitrogens with zero attached hydrogens (tertiary/aromatic N) is 5. The molecule has 0 saturated carbocycles. The summed E-state index contributed by atoms with van der Waals surface area (Å²) in [6, 6.07) is 9.15. The maximum atomic E-state index is 13.1. The van der Waals surface area contributed by atoms with E-state index in [4.69, 9.17) is 9.72 Å². The number of rotatable bonds is 5. The Morgan fingerprint density at radius 2 is 2.00 bits per heavy atom. The zero-order valence-electron chi connectivity index (χ0n) is 19.0. The molecule has 0 spiro atoms. The lowest BCUT2D eigenvalue weighted by molar-refractivity contribution is -0.0246. The van der Waals surface area contributed by atoms with Crippen LogP contribution in [0.5, 0.6) is 0 Å². The lowest BCUT2D eigenvalue weighted by Gasteiger charge is -2.33. The standard InChI is InChI=1S/C24H27N5O4/c1-15-19(13-25-16(2)26-15)24(32)29-9-11-33-22(14-29)21-12-18(23(31)28(3)8-10-30)17-6-4-5-7-20(17)27-21/h4-7,12-13,22,30H,8-11,14H2,1-3H3/t22-/m1/s1. The molecule has 0 aliphatic carbocycles. The number of hydrogen-bond acceptors (Lipinski definition) is 7. The molecule has 1 aliphatic heterocycles. The third-order valence-corrected chi connectivity index (χ3v) is 5.76. The second-order valence-corrected chi connectivity index (χ2v) is 8.09. The van der Waals surface area contributed by atoms with Crippen molar-refractivity contribution in [3.8, 4) is 0 Å². The molecule has 0 unspecified atom stereocenters. The Morgan fingerprint density at radius 3 is 2.76 bits per heavy atom. The van der Waals surface area contributed by atoms with Crippen LogP contribution in [0.1, 0.15) is 44.0 Å². The third-order valence-electron chi connectivity index (χ3n) is 5.76. The van der Waals surface area contributed by atoms with Crippen LogP contribution in [0.15, 0.2) is 36.5 Å². The summed E-state index contributed by atoms with van der Waals surface area (Å²) in [5.41, 5.74) is 2.85. The highest BCUT2D eigenvalue weighted by molar-refractivity contribution is 6.06. The summed E-state index contributed by atoms with van der Waals surface area (Å²) in [6.45, 7) is 4.79. The maximum absolute atomic E-state index is 13.1. The fourth-order valence-electron chi connectivity index (χ4n) is 3.97. The Morgan fingerprint density at radius 1 is 1.21 bits per heavy atom. The van der Waals surface area contributed by atoms with Gasteiger partial charge in [0.05, 0.1) is 47.8 Å². The van der Waals surface area contributed by atoms with Crippen molar-refractivity contribution in [3.63, 3.8) is 0 Å². The minimum Gasteiger partial charge on any atom is -0.395 e. The summed E-state index contributed by atoms with van der Waals surface area (Å²) in [5, 5.41) is 9.97. The lowest BCUT2D eigenvalue weighted by atomic mass is 10.0. The SMILES string of the molecule is Cc1ncc(C(=O)N2CCO[C@@H](c3cc(C(=O)N(C)CCO)c4ccccc4n3)C2)c(C)n1. The number of hydrogen-bond donors (Lipinski definition) is 1. The second-order valence-electron chi connectivity index (χ2n) is 8.09. The van der Waals surface area contributed by atoms with Gasteiger partial charge in [-0.05, 0) is 26.0 Å². The molecule has 2 aromatic heterocycles. The normalized spacial score (nSPS) is 16.1. The Balaban J connectivity index is 1.65. The Bertz CT molecular complexity index is 1200. The average molecular weight is 450 g/mol. The molecule has 1 aromatic carbocycles. The van der Waals surface area contributed by atoms with Gasteiger partial charge in [-0.1, -0.05) is 18.2 Å². The van der Waals surface area contributed by atoms with E-state index in [-0.39, 0.29) is 25.0 Å². The van der Waals surface area contributed by atoms with E-state index in [1.807, 2.05) is 24.3 Å². The molecule has 1 atom stereocenters.